The third kappa shape index (κ3) is 7.69. The minimum absolute atomic E-state index is 0.0165. The Hall–Kier alpha value is -1.68. The number of unbranched alkanes of at least 4 members (excludes halogenated alkanes) is 2. The topological polar surface area (TPSA) is 74.6 Å². The molecular formula is C22H34O4. The first-order valence-electron chi connectivity index (χ1n) is 9.73. The minimum Gasteiger partial charge on any atom is -0.481 e. The number of carbonyl (C=O) groups is 2. The standard InChI is InChI=1S/C22H34O4/c1-4-5-16-22(2,3)20(24)15-13-17-12-14-19(23)18(17)10-8-6-7-9-11-21(25)26/h6,8,12-15,17-18,20,24H,4-5,7,9-11,16H2,1-3H3,(H,25,26)/b8-6-,15-13+/t17-,18+,20+/m1/s1. The van der Waals surface area contributed by atoms with Crippen LogP contribution in [0.15, 0.2) is 36.5 Å². The summed E-state index contributed by atoms with van der Waals surface area (Å²) in [4.78, 5) is 22.6. The van der Waals surface area contributed by atoms with Crippen molar-refractivity contribution in [3.63, 3.8) is 0 Å². The number of carboxylic acids is 1. The smallest absolute Gasteiger partial charge is 0.303 e. The molecule has 1 rings (SSSR count). The van der Waals surface area contributed by atoms with E-state index in [-0.39, 0.29) is 29.5 Å². The van der Waals surface area contributed by atoms with Crippen LogP contribution in [0, 0.1) is 17.3 Å². The highest BCUT2D eigenvalue weighted by Gasteiger charge is 2.29. The van der Waals surface area contributed by atoms with Crippen molar-refractivity contribution in [3.8, 4) is 0 Å². The fourth-order valence-electron chi connectivity index (χ4n) is 3.13. The zero-order valence-electron chi connectivity index (χ0n) is 16.4. The molecule has 1 aliphatic carbocycles. The number of aliphatic carboxylic acids is 1. The summed E-state index contributed by atoms with van der Waals surface area (Å²) in [6.07, 6.45) is 16.1. The molecule has 0 aromatic carbocycles. The van der Waals surface area contributed by atoms with Crippen LogP contribution in [0.1, 0.15) is 65.7 Å². The molecule has 0 spiro atoms. The molecule has 26 heavy (non-hydrogen) atoms. The van der Waals surface area contributed by atoms with E-state index >= 15 is 0 Å². The zero-order valence-corrected chi connectivity index (χ0v) is 16.4. The van der Waals surface area contributed by atoms with Gasteiger partial charge in [-0.05, 0) is 37.2 Å². The lowest BCUT2D eigenvalue weighted by Gasteiger charge is -2.28. The van der Waals surface area contributed by atoms with Crippen LogP contribution in [0.4, 0.5) is 0 Å². The van der Waals surface area contributed by atoms with Crippen LogP contribution in [0.5, 0.6) is 0 Å². The lowest BCUT2D eigenvalue weighted by molar-refractivity contribution is -0.137. The maximum absolute atomic E-state index is 12.1. The highest BCUT2D eigenvalue weighted by Crippen LogP contribution is 2.31. The fraction of sp³-hybridized carbons (Fsp3) is 0.636. The molecule has 0 fully saturated rings. The molecule has 0 aliphatic heterocycles. The molecular weight excluding hydrogens is 328 g/mol. The average molecular weight is 363 g/mol. The summed E-state index contributed by atoms with van der Waals surface area (Å²) in [5.41, 5.74) is -0.168. The molecule has 0 saturated heterocycles. The molecule has 3 atom stereocenters. The van der Waals surface area contributed by atoms with Gasteiger partial charge < -0.3 is 10.2 Å². The van der Waals surface area contributed by atoms with Crippen molar-refractivity contribution >= 4 is 11.8 Å². The summed E-state index contributed by atoms with van der Waals surface area (Å²) < 4.78 is 0. The monoisotopic (exact) mass is 362 g/mol. The van der Waals surface area contributed by atoms with E-state index in [0.717, 1.165) is 19.3 Å². The number of aliphatic hydroxyl groups excluding tert-OH is 1. The van der Waals surface area contributed by atoms with Gasteiger partial charge in [0, 0.05) is 18.3 Å². The number of rotatable bonds is 12. The quantitative estimate of drug-likeness (QED) is 0.390. The van der Waals surface area contributed by atoms with Crippen LogP contribution in [0.3, 0.4) is 0 Å². The SMILES string of the molecule is CCCCC(C)(C)[C@@H](O)/C=C/[C@H]1C=CC(=O)[C@H]1C/C=C\CCCC(=O)O. The van der Waals surface area contributed by atoms with Crippen molar-refractivity contribution in [2.75, 3.05) is 0 Å². The van der Waals surface area contributed by atoms with Crippen LogP contribution >= 0.6 is 0 Å². The van der Waals surface area contributed by atoms with Gasteiger partial charge in [0.2, 0.25) is 0 Å². The summed E-state index contributed by atoms with van der Waals surface area (Å²) in [5, 5.41) is 19.1. The van der Waals surface area contributed by atoms with E-state index in [1.165, 1.54) is 0 Å². The fourth-order valence-corrected chi connectivity index (χ4v) is 3.13. The van der Waals surface area contributed by atoms with Crippen molar-refractivity contribution in [2.45, 2.75) is 71.8 Å². The van der Waals surface area contributed by atoms with Gasteiger partial charge >= 0.3 is 5.97 Å². The molecule has 4 nitrogen and oxygen atoms in total. The normalized spacial score (nSPS) is 21.9. The molecule has 0 unspecified atom stereocenters. The number of hydrogen-bond acceptors (Lipinski definition) is 3. The van der Waals surface area contributed by atoms with Gasteiger partial charge in [-0.3, -0.25) is 9.59 Å². The third-order valence-corrected chi connectivity index (χ3v) is 5.12. The van der Waals surface area contributed by atoms with Crippen LogP contribution in [-0.4, -0.2) is 28.1 Å². The summed E-state index contributed by atoms with van der Waals surface area (Å²) >= 11 is 0. The molecule has 0 bridgehead atoms. The van der Waals surface area contributed by atoms with Crippen LogP contribution in [0.2, 0.25) is 0 Å². The molecule has 0 radical (unpaired) electrons. The van der Waals surface area contributed by atoms with Gasteiger partial charge in [0.15, 0.2) is 5.78 Å². The second kappa shape index (κ2) is 11.1. The lowest BCUT2D eigenvalue weighted by Crippen LogP contribution is -2.27. The van der Waals surface area contributed by atoms with Crippen LogP contribution < -0.4 is 0 Å². The molecule has 1 aliphatic rings. The molecule has 0 heterocycles. The molecule has 0 aromatic rings. The Morgan fingerprint density at radius 3 is 2.69 bits per heavy atom. The molecule has 0 saturated carbocycles. The first kappa shape index (κ1) is 22.4. The van der Waals surface area contributed by atoms with Crippen molar-refractivity contribution in [1.29, 1.82) is 0 Å². The molecule has 2 N–H and O–H groups in total. The largest absolute Gasteiger partial charge is 0.481 e. The van der Waals surface area contributed by atoms with Crippen molar-refractivity contribution < 1.29 is 19.8 Å². The Bertz CT molecular complexity index is 542. The lowest BCUT2D eigenvalue weighted by atomic mass is 9.80. The predicted molar refractivity (Wildman–Crippen MR) is 105 cm³/mol. The van der Waals surface area contributed by atoms with Gasteiger partial charge in [0.1, 0.15) is 0 Å². The second-order valence-electron chi connectivity index (χ2n) is 7.86. The summed E-state index contributed by atoms with van der Waals surface area (Å²) in [6, 6.07) is 0. The van der Waals surface area contributed by atoms with E-state index in [9.17, 15) is 14.7 Å². The summed E-state index contributed by atoms with van der Waals surface area (Å²) in [7, 11) is 0. The van der Waals surface area contributed by atoms with Gasteiger partial charge in [0.05, 0.1) is 6.10 Å². The number of allylic oxidation sites excluding steroid dienone is 5. The molecule has 0 aromatic heterocycles. The Labute approximate surface area is 157 Å². The Balaban J connectivity index is 2.54. The van der Waals surface area contributed by atoms with Gasteiger partial charge in [-0.15, -0.1) is 0 Å². The van der Waals surface area contributed by atoms with E-state index < -0.39 is 12.1 Å². The van der Waals surface area contributed by atoms with E-state index in [1.54, 1.807) is 6.08 Å². The first-order valence-corrected chi connectivity index (χ1v) is 9.73. The Morgan fingerprint density at radius 1 is 1.31 bits per heavy atom. The highest BCUT2D eigenvalue weighted by atomic mass is 16.4. The van der Waals surface area contributed by atoms with E-state index in [1.807, 2.05) is 30.4 Å². The van der Waals surface area contributed by atoms with Crippen molar-refractivity contribution in [1.82, 2.24) is 0 Å². The number of ketones is 1. The average Bonchev–Trinajstić information content (AvgIpc) is 2.93. The van der Waals surface area contributed by atoms with Gasteiger partial charge in [0.25, 0.3) is 0 Å². The van der Waals surface area contributed by atoms with E-state index in [2.05, 4.69) is 20.8 Å². The number of aliphatic hydroxyl groups is 1. The van der Waals surface area contributed by atoms with E-state index in [4.69, 9.17) is 5.11 Å². The maximum Gasteiger partial charge on any atom is 0.303 e. The number of hydrogen-bond donors (Lipinski definition) is 2. The van der Waals surface area contributed by atoms with Gasteiger partial charge in [-0.2, -0.15) is 0 Å². The third-order valence-electron chi connectivity index (χ3n) is 5.12. The van der Waals surface area contributed by atoms with Crippen molar-refractivity contribution in [3.05, 3.63) is 36.5 Å². The Morgan fingerprint density at radius 2 is 2.04 bits per heavy atom. The van der Waals surface area contributed by atoms with Crippen LogP contribution in [0.25, 0.3) is 0 Å². The van der Waals surface area contributed by atoms with Gasteiger partial charge in [-0.1, -0.05) is 64.0 Å². The van der Waals surface area contributed by atoms with Crippen LogP contribution in [-0.2, 0) is 9.59 Å². The van der Waals surface area contributed by atoms with Gasteiger partial charge in [-0.25, -0.2) is 0 Å². The highest BCUT2D eigenvalue weighted by molar-refractivity contribution is 5.95. The Kier molecular flexibility index (Phi) is 9.57. The minimum atomic E-state index is -0.779. The zero-order chi connectivity index (χ0) is 19.6. The maximum atomic E-state index is 12.1. The first-order chi connectivity index (χ1) is 12.3. The summed E-state index contributed by atoms with van der Waals surface area (Å²) in [6.45, 7) is 6.29. The molecule has 146 valence electrons. The molecule has 4 heteroatoms. The summed E-state index contributed by atoms with van der Waals surface area (Å²) in [5.74, 6) is -0.760. The predicted octanol–water partition coefficient (Wildman–Crippen LogP) is 4.69. The number of carboxylic acid groups (broad SMARTS) is 1. The van der Waals surface area contributed by atoms with E-state index in [0.29, 0.717) is 19.3 Å². The molecule has 0 amide bonds. The second-order valence-corrected chi connectivity index (χ2v) is 7.86. The number of carbonyl (C=O) groups excluding carboxylic acids is 1. The van der Waals surface area contributed by atoms with Crippen molar-refractivity contribution in [2.24, 2.45) is 17.3 Å².